The van der Waals surface area contributed by atoms with Gasteiger partial charge in [0, 0.05) is 12.8 Å². The smallest absolute Gasteiger partial charge is 0.330 e. The van der Waals surface area contributed by atoms with Crippen LogP contribution in [0.4, 0.5) is 0 Å². The summed E-state index contributed by atoms with van der Waals surface area (Å²) in [6.45, 7) is 0. The number of carbonyl (C=O) groups is 3. The number of imide groups is 1. The Bertz CT molecular complexity index is 525. The van der Waals surface area contributed by atoms with Crippen LogP contribution in [0.5, 0.6) is 0 Å². The van der Waals surface area contributed by atoms with Crippen LogP contribution in [0.1, 0.15) is 24.0 Å². The first kappa shape index (κ1) is 11.9. The first-order valence-corrected chi connectivity index (χ1v) is 6.29. The molecular formula is C14H13NO4. The van der Waals surface area contributed by atoms with Crippen LogP contribution in [0.2, 0.25) is 0 Å². The van der Waals surface area contributed by atoms with E-state index in [-0.39, 0.29) is 18.8 Å². The Morgan fingerprint density at radius 1 is 1.05 bits per heavy atom. The van der Waals surface area contributed by atoms with Crippen molar-refractivity contribution in [2.24, 2.45) is 5.92 Å². The number of rotatable bonds is 2. The number of hydroxylamine groups is 2. The Balaban J connectivity index is 1.67. The number of nitrogens with zero attached hydrogens (tertiary/aromatic N) is 1. The maximum absolute atomic E-state index is 12.0. The number of benzene rings is 1. The van der Waals surface area contributed by atoms with Crippen molar-refractivity contribution in [2.45, 2.75) is 25.7 Å². The number of carbonyl (C=O) groups excluding carboxylic acids is 3. The van der Waals surface area contributed by atoms with Gasteiger partial charge in [0.25, 0.3) is 11.8 Å². The highest BCUT2D eigenvalue weighted by molar-refractivity contribution is 6.01. The van der Waals surface area contributed by atoms with Crippen molar-refractivity contribution in [3.05, 3.63) is 35.4 Å². The van der Waals surface area contributed by atoms with Gasteiger partial charge in [-0.15, -0.1) is 5.06 Å². The Hall–Kier alpha value is -2.17. The van der Waals surface area contributed by atoms with Crippen molar-refractivity contribution < 1.29 is 19.2 Å². The van der Waals surface area contributed by atoms with E-state index in [2.05, 4.69) is 0 Å². The lowest BCUT2D eigenvalue weighted by Crippen LogP contribution is -2.34. The van der Waals surface area contributed by atoms with Gasteiger partial charge in [0.1, 0.15) is 0 Å². The molecule has 2 amide bonds. The van der Waals surface area contributed by atoms with E-state index in [0.717, 1.165) is 11.1 Å². The third-order valence-corrected chi connectivity index (χ3v) is 3.57. The molecule has 1 aliphatic heterocycles. The highest BCUT2D eigenvalue weighted by Gasteiger charge is 2.36. The highest BCUT2D eigenvalue weighted by Crippen LogP contribution is 2.28. The first-order valence-electron chi connectivity index (χ1n) is 6.29. The zero-order chi connectivity index (χ0) is 13.4. The molecule has 0 saturated carbocycles. The van der Waals surface area contributed by atoms with Crippen molar-refractivity contribution in [1.29, 1.82) is 0 Å². The van der Waals surface area contributed by atoms with Gasteiger partial charge in [0.15, 0.2) is 0 Å². The Labute approximate surface area is 110 Å². The number of fused-ring (bicyclic) bond motifs is 1. The number of amides is 2. The van der Waals surface area contributed by atoms with Crippen LogP contribution in [0, 0.1) is 5.92 Å². The third kappa shape index (κ3) is 2.12. The summed E-state index contributed by atoms with van der Waals surface area (Å²) in [4.78, 5) is 39.7. The van der Waals surface area contributed by atoms with E-state index >= 15 is 0 Å². The fourth-order valence-electron chi connectivity index (χ4n) is 2.55. The lowest BCUT2D eigenvalue weighted by atomic mass is 10.1. The molecule has 3 rings (SSSR count). The van der Waals surface area contributed by atoms with Crippen molar-refractivity contribution >= 4 is 17.8 Å². The van der Waals surface area contributed by atoms with Crippen LogP contribution in [-0.2, 0) is 32.1 Å². The molecule has 0 bridgehead atoms. The Morgan fingerprint density at radius 3 is 2.11 bits per heavy atom. The average Bonchev–Trinajstić information content (AvgIpc) is 2.97. The second-order valence-electron chi connectivity index (χ2n) is 4.87. The molecule has 1 aromatic rings. The van der Waals surface area contributed by atoms with E-state index in [9.17, 15) is 14.4 Å². The second kappa shape index (κ2) is 4.50. The molecule has 1 saturated heterocycles. The largest absolute Gasteiger partial charge is 0.336 e. The number of hydrogen-bond acceptors (Lipinski definition) is 4. The van der Waals surface area contributed by atoms with Gasteiger partial charge in [0.2, 0.25) is 0 Å². The Morgan fingerprint density at radius 2 is 1.58 bits per heavy atom. The van der Waals surface area contributed by atoms with Crippen molar-refractivity contribution in [3.8, 4) is 0 Å². The van der Waals surface area contributed by atoms with Crippen LogP contribution < -0.4 is 0 Å². The van der Waals surface area contributed by atoms with Gasteiger partial charge < -0.3 is 4.84 Å². The maximum Gasteiger partial charge on any atom is 0.336 e. The van der Waals surface area contributed by atoms with Crippen molar-refractivity contribution in [3.63, 3.8) is 0 Å². The summed E-state index contributed by atoms with van der Waals surface area (Å²) in [6.07, 6.45) is 1.45. The quantitative estimate of drug-likeness (QED) is 0.743. The molecule has 0 radical (unpaired) electrons. The minimum atomic E-state index is -0.500. The minimum absolute atomic E-state index is 0.122. The summed E-state index contributed by atoms with van der Waals surface area (Å²) in [5.41, 5.74) is 2.26. The molecule has 1 aromatic carbocycles. The molecule has 0 aromatic heterocycles. The summed E-state index contributed by atoms with van der Waals surface area (Å²) in [7, 11) is 0. The summed E-state index contributed by atoms with van der Waals surface area (Å²) >= 11 is 0. The van der Waals surface area contributed by atoms with E-state index < -0.39 is 17.8 Å². The highest BCUT2D eigenvalue weighted by atomic mass is 16.7. The van der Waals surface area contributed by atoms with Gasteiger partial charge in [-0.3, -0.25) is 9.59 Å². The first-order chi connectivity index (χ1) is 9.15. The van der Waals surface area contributed by atoms with Gasteiger partial charge in [0.05, 0.1) is 5.92 Å². The monoisotopic (exact) mass is 259 g/mol. The van der Waals surface area contributed by atoms with Crippen LogP contribution in [0.15, 0.2) is 24.3 Å². The molecule has 0 N–H and O–H groups in total. The average molecular weight is 259 g/mol. The van der Waals surface area contributed by atoms with E-state index in [4.69, 9.17) is 4.84 Å². The second-order valence-corrected chi connectivity index (χ2v) is 4.87. The van der Waals surface area contributed by atoms with Gasteiger partial charge in [-0.05, 0) is 24.0 Å². The lowest BCUT2D eigenvalue weighted by molar-refractivity contribution is -0.200. The molecule has 2 aliphatic rings. The summed E-state index contributed by atoms with van der Waals surface area (Å²) in [6, 6.07) is 7.82. The molecule has 1 fully saturated rings. The fraction of sp³-hybridized carbons (Fsp3) is 0.357. The summed E-state index contributed by atoms with van der Waals surface area (Å²) < 4.78 is 0. The topological polar surface area (TPSA) is 63.7 Å². The molecule has 98 valence electrons. The molecule has 5 heteroatoms. The molecule has 0 atom stereocenters. The van der Waals surface area contributed by atoms with Crippen molar-refractivity contribution in [2.75, 3.05) is 0 Å². The van der Waals surface area contributed by atoms with Gasteiger partial charge in [-0.1, -0.05) is 24.3 Å². The van der Waals surface area contributed by atoms with Crippen LogP contribution in [0.3, 0.4) is 0 Å². The predicted octanol–water partition coefficient (Wildman–Crippen LogP) is 1.01. The molecule has 1 heterocycles. The summed E-state index contributed by atoms with van der Waals surface area (Å²) in [5.74, 6) is -1.68. The third-order valence-electron chi connectivity index (χ3n) is 3.57. The lowest BCUT2D eigenvalue weighted by Gasteiger charge is -2.15. The fourth-order valence-corrected chi connectivity index (χ4v) is 2.55. The van der Waals surface area contributed by atoms with Gasteiger partial charge in [-0.2, -0.15) is 0 Å². The molecule has 0 spiro atoms. The van der Waals surface area contributed by atoms with Crippen LogP contribution >= 0.6 is 0 Å². The molecular weight excluding hydrogens is 246 g/mol. The van der Waals surface area contributed by atoms with Gasteiger partial charge in [-0.25, -0.2) is 4.79 Å². The normalized spacial score (nSPS) is 18.8. The van der Waals surface area contributed by atoms with E-state index in [1.54, 1.807) is 0 Å². The maximum atomic E-state index is 12.0. The predicted molar refractivity (Wildman–Crippen MR) is 64.5 cm³/mol. The minimum Gasteiger partial charge on any atom is -0.330 e. The standard InChI is InChI=1S/C14H13NO4/c16-12-5-6-13(17)15(12)19-14(18)11-7-9-3-1-2-4-10(9)8-11/h1-4,11H,5-8H2. The van der Waals surface area contributed by atoms with Crippen molar-refractivity contribution in [1.82, 2.24) is 5.06 Å². The molecule has 1 aliphatic carbocycles. The zero-order valence-corrected chi connectivity index (χ0v) is 10.3. The summed E-state index contributed by atoms with van der Waals surface area (Å²) in [5, 5.41) is 0.616. The van der Waals surface area contributed by atoms with E-state index in [1.807, 2.05) is 24.3 Å². The Kier molecular flexibility index (Phi) is 2.81. The van der Waals surface area contributed by atoms with Crippen LogP contribution in [0.25, 0.3) is 0 Å². The SMILES string of the molecule is O=C(ON1C(=O)CCC1=O)C1Cc2ccccc2C1. The molecule has 0 unspecified atom stereocenters. The molecule has 5 nitrogen and oxygen atoms in total. The van der Waals surface area contributed by atoms with Crippen LogP contribution in [-0.4, -0.2) is 22.8 Å². The number of hydrogen-bond donors (Lipinski definition) is 0. The van der Waals surface area contributed by atoms with E-state index in [0.29, 0.717) is 17.9 Å². The van der Waals surface area contributed by atoms with Gasteiger partial charge >= 0.3 is 5.97 Å². The zero-order valence-electron chi connectivity index (χ0n) is 10.3. The molecule has 19 heavy (non-hydrogen) atoms. The van der Waals surface area contributed by atoms with E-state index in [1.165, 1.54) is 0 Å².